The SMILES string of the molecule is CC(=O)OC(C)CN(CC(C)O)C(=O)CCC(=O)OC(C)CN(CC(C)OC(=O)CCC(=O)N(CC(C)O)CC(C)OC(C)=O)C(=O)CCC(=O)N(CC(C)OC(=O)CCC(=O)N(CC(C)O)CC(C)O)CC(C)OC(=O)CCC(=O)N(CC(C)O)CC(C)O. The fourth-order valence-corrected chi connectivity index (χ4v) is 9.37. The Morgan fingerprint density at radius 1 is 0.233 bits per heavy atom. The van der Waals surface area contributed by atoms with E-state index >= 15 is 0 Å². The lowest BCUT2D eigenvalue weighted by Crippen LogP contribution is -2.45. The number of carbonyl (C=O) groups is 12. The minimum absolute atomic E-state index is 0.0772. The summed E-state index contributed by atoms with van der Waals surface area (Å²) in [7, 11) is 0. The smallest absolute Gasteiger partial charge is 0.306 e. The second-order valence-electron chi connectivity index (χ2n) is 23.4. The van der Waals surface area contributed by atoms with Crippen LogP contribution in [-0.4, -0.2) is 283 Å². The average molecular weight is 1290 g/mol. The summed E-state index contributed by atoms with van der Waals surface area (Å²) in [6, 6.07) is 0. The third-order valence-electron chi connectivity index (χ3n) is 12.7. The van der Waals surface area contributed by atoms with Crippen molar-refractivity contribution in [1.82, 2.24) is 29.4 Å². The fourth-order valence-electron chi connectivity index (χ4n) is 9.37. The molecule has 0 aromatic carbocycles. The molecule has 0 bridgehead atoms. The van der Waals surface area contributed by atoms with Gasteiger partial charge in [-0.3, -0.25) is 57.5 Å². The van der Waals surface area contributed by atoms with Crippen molar-refractivity contribution in [3.05, 3.63) is 0 Å². The minimum Gasteiger partial charge on any atom is -0.461 e. The van der Waals surface area contributed by atoms with Gasteiger partial charge < -0.3 is 88.5 Å². The van der Waals surface area contributed by atoms with Gasteiger partial charge in [-0.15, -0.1) is 0 Å². The number of amides is 6. The molecule has 0 radical (unpaired) electrons. The second kappa shape index (κ2) is 44.0. The highest BCUT2D eigenvalue weighted by Crippen LogP contribution is 2.15. The number of ether oxygens (including phenoxy) is 6. The van der Waals surface area contributed by atoms with E-state index in [-0.39, 0.29) is 104 Å². The molecule has 0 aliphatic rings. The van der Waals surface area contributed by atoms with Crippen LogP contribution in [0.25, 0.3) is 0 Å². The van der Waals surface area contributed by atoms with Gasteiger partial charge in [-0.25, -0.2) is 0 Å². The van der Waals surface area contributed by atoms with E-state index in [9.17, 15) is 88.2 Å². The van der Waals surface area contributed by atoms with Gasteiger partial charge in [0.1, 0.15) is 36.6 Å². The number of aliphatic hydroxyl groups excluding tert-OH is 6. The summed E-state index contributed by atoms with van der Waals surface area (Å²) < 4.78 is 32.6. The summed E-state index contributed by atoms with van der Waals surface area (Å²) >= 11 is 0. The molecule has 0 aliphatic carbocycles. The van der Waals surface area contributed by atoms with Gasteiger partial charge in [0, 0.05) is 91.6 Å². The van der Waals surface area contributed by atoms with Crippen molar-refractivity contribution >= 4 is 71.3 Å². The van der Waals surface area contributed by atoms with Gasteiger partial charge in [-0.1, -0.05) is 0 Å². The zero-order chi connectivity index (χ0) is 69.1. The molecule has 0 rings (SSSR count). The van der Waals surface area contributed by atoms with E-state index in [1.165, 1.54) is 108 Å². The van der Waals surface area contributed by atoms with Gasteiger partial charge in [0.2, 0.25) is 35.4 Å². The Hall–Kier alpha value is -6.60. The Balaban J connectivity index is 6.79. The van der Waals surface area contributed by atoms with E-state index in [1.54, 1.807) is 13.8 Å². The summed E-state index contributed by atoms with van der Waals surface area (Å²) in [5.74, 6) is -8.23. The first-order chi connectivity index (χ1) is 41.8. The molecule has 12 unspecified atom stereocenters. The van der Waals surface area contributed by atoms with Crippen LogP contribution in [0.1, 0.15) is 161 Å². The quantitative estimate of drug-likeness (QED) is 0.0339. The third kappa shape index (κ3) is 40.2. The number of nitrogens with zero attached hydrogens (tertiary/aromatic N) is 6. The van der Waals surface area contributed by atoms with Crippen molar-refractivity contribution in [2.45, 2.75) is 234 Å². The first kappa shape index (κ1) is 83.4. The molecular weight excluding hydrogens is 1190 g/mol. The predicted molar refractivity (Wildman–Crippen MR) is 320 cm³/mol. The summed E-state index contributed by atoms with van der Waals surface area (Å²) in [4.78, 5) is 164. The van der Waals surface area contributed by atoms with Crippen LogP contribution in [0.2, 0.25) is 0 Å². The van der Waals surface area contributed by atoms with Crippen molar-refractivity contribution in [3.8, 4) is 0 Å². The molecule has 518 valence electrons. The molecule has 90 heavy (non-hydrogen) atoms. The minimum atomic E-state index is -1.09. The molecule has 0 aliphatic heterocycles. The first-order valence-electron chi connectivity index (χ1n) is 30.6. The Morgan fingerprint density at radius 2 is 0.367 bits per heavy atom. The molecule has 0 aromatic rings. The molecule has 0 saturated carbocycles. The van der Waals surface area contributed by atoms with Crippen LogP contribution in [0.4, 0.5) is 0 Å². The Morgan fingerprint density at radius 3 is 0.522 bits per heavy atom. The molecule has 6 N–H and O–H groups in total. The number of rotatable bonds is 45. The zero-order valence-electron chi connectivity index (χ0n) is 55.2. The van der Waals surface area contributed by atoms with E-state index in [0.717, 1.165) is 4.90 Å². The standard InChI is InChI=1S/C60H104N6O24/c1-37(67)25-61(26-38(2)68)53(77)17-21-57(81)87-45(9)33-65(34-46(10)88-58(82)22-18-54(78)62(27-39(3)69)28-40(4)70)51(75)15-16-52(76)66(35-47(11)89-59(83)23-19-55(79)63(29-41(5)71)31-43(7)85-49(13)73)36-48(12)90-60(84)24-20-56(80)64(30-42(6)72)32-44(8)86-50(14)74/h37-48,67-72H,15-36H2,1-14H3. The zero-order valence-corrected chi connectivity index (χ0v) is 55.2. The maximum absolute atomic E-state index is 14.3. The van der Waals surface area contributed by atoms with Gasteiger partial charge in [-0.05, 0) is 83.1 Å². The topological polar surface area (TPSA) is 401 Å². The van der Waals surface area contributed by atoms with Crippen molar-refractivity contribution in [3.63, 3.8) is 0 Å². The Labute approximate surface area is 528 Å². The van der Waals surface area contributed by atoms with E-state index in [0.29, 0.717) is 0 Å². The average Bonchev–Trinajstić information content (AvgIpc) is 1.60. The summed E-state index contributed by atoms with van der Waals surface area (Å²) in [6.45, 7) is 17.7. The highest BCUT2D eigenvalue weighted by atomic mass is 16.6. The number of hydrogen-bond acceptors (Lipinski definition) is 24. The molecule has 0 heterocycles. The molecule has 0 saturated heterocycles. The fraction of sp³-hybridized carbons (Fsp3) is 0.800. The van der Waals surface area contributed by atoms with E-state index in [4.69, 9.17) is 28.4 Å². The number of aliphatic hydroxyl groups is 6. The Kier molecular flexibility index (Phi) is 40.8. The van der Waals surface area contributed by atoms with Gasteiger partial charge in [0.25, 0.3) is 0 Å². The lowest BCUT2D eigenvalue weighted by atomic mass is 10.2. The molecule has 12 atom stereocenters. The van der Waals surface area contributed by atoms with Crippen LogP contribution in [0.3, 0.4) is 0 Å². The van der Waals surface area contributed by atoms with Gasteiger partial charge in [0.05, 0.1) is 102 Å². The summed E-state index contributed by atoms with van der Waals surface area (Å²) in [5.41, 5.74) is 0. The number of esters is 6. The second-order valence-corrected chi connectivity index (χ2v) is 23.4. The van der Waals surface area contributed by atoms with Crippen molar-refractivity contribution < 1.29 is 117 Å². The van der Waals surface area contributed by atoms with Gasteiger partial charge >= 0.3 is 35.8 Å². The lowest BCUT2D eigenvalue weighted by molar-refractivity contribution is -0.157. The van der Waals surface area contributed by atoms with E-state index in [1.807, 2.05) is 0 Å². The summed E-state index contributed by atoms with van der Waals surface area (Å²) in [5, 5.41) is 59.6. The summed E-state index contributed by atoms with van der Waals surface area (Å²) in [6.07, 6.45) is -15.7. The van der Waals surface area contributed by atoms with Crippen molar-refractivity contribution in [2.75, 3.05) is 78.5 Å². The monoisotopic (exact) mass is 1290 g/mol. The molecule has 6 amide bonds. The lowest BCUT2D eigenvalue weighted by Gasteiger charge is -2.30. The molecular formula is C60H104N6O24. The predicted octanol–water partition coefficient (Wildman–Crippen LogP) is -0.226. The molecule has 30 heteroatoms. The highest BCUT2D eigenvalue weighted by Gasteiger charge is 2.30. The van der Waals surface area contributed by atoms with Crippen LogP contribution in [0, 0.1) is 0 Å². The maximum atomic E-state index is 14.3. The van der Waals surface area contributed by atoms with Crippen LogP contribution in [-0.2, 0) is 86.0 Å². The number of hydrogen-bond donors (Lipinski definition) is 6. The maximum Gasteiger partial charge on any atom is 0.306 e. The largest absolute Gasteiger partial charge is 0.461 e. The van der Waals surface area contributed by atoms with Crippen molar-refractivity contribution in [1.29, 1.82) is 0 Å². The van der Waals surface area contributed by atoms with Gasteiger partial charge in [0.15, 0.2) is 0 Å². The van der Waals surface area contributed by atoms with Gasteiger partial charge in [-0.2, -0.15) is 0 Å². The van der Waals surface area contributed by atoms with Crippen LogP contribution < -0.4 is 0 Å². The Bertz CT molecular complexity index is 2120. The van der Waals surface area contributed by atoms with Crippen molar-refractivity contribution in [2.24, 2.45) is 0 Å². The number of carbonyl (C=O) groups excluding carboxylic acids is 12. The molecule has 0 spiro atoms. The molecule has 0 aromatic heterocycles. The molecule has 0 fully saturated rings. The first-order valence-corrected chi connectivity index (χ1v) is 30.6. The molecule has 30 nitrogen and oxygen atoms in total. The third-order valence-corrected chi connectivity index (χ3v) is 12.7. The van der Waals surface area contributed by atoms with E-state index in [2.05, 4.69) is 0 Å². The highest BCUT2D eigenvalue weighted by molar-refractivity contribution is 5.85. The van der Waals surface area contributed by atoms with Crippen LogP contribution >= 0.6 is 0 Å². The van der Waals surface area contributed by atoms with E-state index < -0.39 is 183 Å². The van der Waals surface area contributed by atoms with Crippen LogP contribution in [0.5, 0.6) is 0 Å². The normalized spacial score (nSPS) is 15.2. The van der Waals surface area contributed by atoms with Crippen LogP contribution in [0.15, 0.2) is 0 Å².